The molecule has 3 rings (SSSR count). The SMILES string of the molecule is CC(=O)NCCC1CC(c2cncc(OC[C@@H]3CCN3)c2)C1. The van der Waals surface area contributed by atoms with Crippen LogP contribution in [0.1, 0.15) is 44.1 Å². The molecule has 0 aromatic carbocycles. The first kappa shape index (κ1) is 15.3. The normalized spacial score (nSPS) is 26.7. The van der Waals surface area contributed by atoms with E-state index < -0.39 is 0 Å². The number of carbonyl (C=O) groups excluding carboxylic acids is 1. The zero-order chi connectivity index (χ0) is 15.4. The van der Waals surface area contributed by atoms with E-state index in [0.29, 0.717) is 12.0 Å². The highest BCUT2D eigenvalue weighted by Gasteiger charge is 2.30. The predicted molar refractivity (Wildman–Crippen MR) is 84.9 cm³/mol. The van der Waals surface area contributed by atoms with Crippen LogP contribution in [0.15, 0.2) is 18.5 Å². The first-order chi connectivity index (χ1) is 10.7. The summed E-state index contributed by atoms with van der Waals surface area (Å²) in [6.07, 6.45) is 8.42. The fourth-order valence-electron chi connectivity index (χ4n) is 3.12. The number of nitrogens with one attached hydrogen (secondary N) is 2. The molecule has 2 fully saturated rings. The zero-order valence-electron chi connectivity index (χ0n) is 13.2. The lowest BCUT2D eigenvalue weighted by molar-refractivity contribution is -0.119. The Hall–Kier alpha value is -1.62. The Morgan fingerprint density at radius 3 is 2.95 bits per heavy atom. The molecule has 0 radical (unpaired) electrons. The summed E-state index contributed by atoms with van der Waals surface area (Å²) in [5.74, 6) is 2.26. The van der Waals surface area contributed by atoms with Gasteiger partial charge in [-0.2, -0.15) is 0 Å². The van der Waals surface area contributed by atoms with E-state index in [1.807, 2.05) is 6.20 Å². The molecular formula is C17H25N3O2. The van der Waals surface area contributed by atoms with Crippen LogP contribution < -0.4 is 15.4 Å². The third-order valence-corrected chi connectivity index (χ3v) is 4.74. The fourth-order valence-corrected chi connectivity index (χ4v) is 3.12. The number of pyridine rings is 1. The van der Waals surface area contributed by atoms with Crippen LogP contribution >= 0.6 is 0 Å². The number of hydrogen-bond acceptors (Lipinski definition) is 4. The molecule has 5 heteroatoms. The van der Waals surface area contributed by atoms with Crippen molar-refractivity contribution in [3.63, 3.8) is 0 Å². The quantitative estimate of drug-likeness (QED) is 0.807. The number of amides is 1. The second kappa shape index (κ2) is 7.09. The minimum atomic E-state index is 0.0610. The van der Waals surface area contributed by atoms with Gasteiger partial charge in [0.25, 0.3) is 0 Å². The van der Waals surface area contributed by atoms with Gasteiger partial charge in [-0.1, -0.05) is 0 Å². The monoisotopic (exact) mass is 303 g/mol. The van der Waals surface area contributed by atoms with E-state index in [9.17, 15) is 4.79 Å². The number of rotatable bonds is 7. The van der Waals surface area contributed by atoms with E-state index in [4.69, 9.17) is 4.74 Å². The third-order valence-electron chi connectivity index (χ3n) is 4.74. The van der Waals surface area contributed by atoms with Gasteiger partial charge in [-0.25, -0.2) is 0 Å². The lowest BCUT2D eigenvalue weighted by atomic mass is 9.70. The molecule has 2 aliphatic rings. The Morgan fingerprint density at radius 2 is 2.27 bits per heavy atom. The second-order valence-electron chi connectivity index (χ2n) is 6.51. The molecule has 1 saturated heterocycles. The first-order valence-corrected chi connectivity index (χ1v) is 8.26. The number of nitrogens with zero attached hydrogens (tertiary/aromatic N) is 1. The molecule has 120 valence electrons. The molecule has 1 aromatic rings. The highest BCUT2D eigenvalue weighted by atomic mass is 16.5. The van der Waals surface area contributed by atoms with E-state index in [1.165, 1.54) is 24.8 Å². The van der Waals surface area contributed by atoms with Crippen molar-refractivity contribution >= 4 is 5.91 Å². The van der Waals surface area contributed by atoms with Crippen molar-refractivity contribution < 1.29 is 9.53 Å². The maximum absolute atomic E-state index is 10.9. The van der Waals surface area contributed by atoms with Gasteiger partial charge in [-0.3, -0.25) is 9.78 Å². The first-order valence-electron chi connectivity index (χ1n) is 8.26. The van der Waals surface area contributed by atoms with Crippen LogP contribution in [0.2, 0.25) is 0 Å². The summed E-state index contributed by atoms with van der Waals surface area (Å²) in [7, 11) is 0. The maximum atomic E-state index is 10.9. The number of carbonyl (C=O) groups is 1. The summed E-state index contributed by atoms with van der Waals surface area (Å²) in [6, 6.07) is 2.64. The van der Waals surface area contributed by atoms with Crippen molar-refractivity contribution in [2.24, 2.45) is 5.92 Å². The fraction of sp³-hybridized carbons (Fsp3) is 0.647. The van der Waals surface area contributed by atoms with Gasteiger partial charge in [0.2, 0.25) is 5.91 Å². The molecule has 1 atom stereocenters. The Balaban J connectivity index is 1.42. The highest BCUT2D eigenvalue weighted by Crippen LogP contribution is 2.43. The van der Waals surface area contributed by atoms with E-state index in [-0.39, 0.29) is 5.91 Å². The third kappa shape index (κ3) is 3.97. The summed E-state index contributed by atoms with van der Waals surface area (Å²) >= 11 is 0. The molecule has 5 nitrogen and oxygen atoms in total. The topological polar surface area (TPSA) is 63.2 Å². The highest BCUT2D eigenvalue weighted by molar-refractivity contribution is 5.72. The van der Waals surface area contributed by atoms with Crippen molar-refractivity contribution in [2.45, 2.75) is 44.6 Å². The van der Waals surface area contributed by atoms with Gasteiger partial charge in [0.1, 0.15) is 12.4 Å². The second-order valence-corrected chi connectivity index (χ2v) is 6.51. The van der Waals surface area contributed by atoms with Gasteiger partial charge >= 0.3 is 0 Å². The van der Waals surface area contributed by atoms with Crippen LogP contribution in [0.5, 0.6) is 5.75 Å². The molecule has 0 unspecified atom stereocenters. The summed E-state index contributed by atoms with van der Waals surface area (Å²) in [5, 5.41) is 6.20. The van der Waals surface area contributed by atoms with Crippen LogP contribution in [0, 0.1) is 5.92 Å². The minimum Gasteiger partial charge on any atom is -0.490 e. The molecule has 1 aliphatic heterocycles. The summed E-state index contributed by atoms with van der Waals surface area (Å²) in [4.78, 5) is 15.2. The Bertz CT molecular complexity index is 510. The number of aromatic nitrogens is 1. The summed E-state index contributed by atoms with van der Waals surface area (Å²) in [5.41, 5.74) is 1.29. The van der Waals surface area contributed by atoms with Gasteiger partial charge in [0.15, 0.2) is 0 Å². The molecule has 1 aromatic heterocycles. The van der Waals surface area contributed by atoms with E-state index >= 15 is 0 Å². The average molecular weight is 303 g/mol. The standard InChI is InChI=1S/C17H25N3O2/c1-12(21)19-4-2-13-6-14(7-13)15-8-17(10-18-9-15)22-11-16-3-5-20-16/h8-10,13-14,16,20H,2-7,11H2,1H3,(H,19,21)/t13?,14?,16-/m0/s1. The Morgan fingerprint density at radius 1 is 1.45 bits per heavy atom. The Labute approximate surface area is 131 Å². The molecule has 1 saturated carbocycles. The van der Waals surface area contributed by atoms with E-state index in [1.54, 1.807) is 13.1 Å². The number of hydrogen-bond donors (Lipinski definition) is 2. The van der Waals surface area contributed by atoms with Gasteiger partial charge < -0.3 is 15.4 Å². The van der Waals surface area contributed by atoms with Crippen LogP contribution in [-0.2, 0) is 4.79 Å². The average Bonchev–Trinajstić information content (AvgIpc) is 2.39. The zero-order valence-corrected chi connectivity index (χ0v) is 13.2. The van der Waals surface area contributed by atoms with Gasteiger partial charge in [0, 0.05) is 25.7 Å². The molecule has 1 amide bonds. The predicted octanol–water partition coefficient (Wildman–Crippen LogP) is 1.84. The van der Waals surface area contributed by atoms with Crippen LogP contribution in [0.4, 0.5) is 0 Å². The van der Waals surface area contributed by atoms with Crippen molar-refractivity contribution in [3.8, 4) is 5.75 Å². The summed E-state index contributed by atoms with van der Waals surface area (Å²) in [6.45, 7) is 4.20. The smallest absolute Gasteiger partial charge is 0.216 e. The van der Waals surface area contributed by atoms with Crippen LogP contribution in [0.3, 0.4) is 0 Å². The molecule has 1 aliphatic carbocycles. The van der Waals surface area contributed by atoms with Crippen molar-refractivity contribution in [3.05, 3.63) is 24.0 Å². The van der Waals surface area contributed by atoms with Crippen LogP contribution in [-0.4, -0.2) is 36.6 Å². The lowest BCUT2D eigenvalue weighted by Crippen LogP contribution is -2.46. The molecule has 2 N–H and O–H groups in total. The molecule has 2 heterocycles. The summed E-state index contributed by atoms with van der Waals surface area (Å²) < 4.78 is 5.81. The minimum absolute atomic E-state index is 0.0610. The van der Waals surface area contributed by atoms with E-state index in [2.05, 4.69) is 21.7 Å². The maximum Gasteiger partial charge on any atom is 0.216 e. The van der Waals surface area contributed by atoms with Gasteiger partial charge in [-0.05, 0) is 55.7 Å². The van der Waals surface area contributed by atoms with Crippen molar-refractivity contribution in [2.75, 3.05) is 19.7 Å². The molecule has 0 spiro atoms. The number of ether oxygens (including phenoxy) is 1. The largest absolute Gasteiger partial charge is 0.490 e. The Kier molecular flexibility index (Phi) is 4.93. The van der Waals surface area contributed by atoms with Crippen LogP contribution in [0.25, 0.3) is 0 Å². The van der Waals surface area contributed by atoms with Gasteiger partial charge in [-0.15, -0.1) is 0 Å². The lowest BCUT2D eigenvalue weighted by Gasteiger charge is -2.35. The van der Waals surface area contributed by atoms with Crippen molar-refractivity contribution in [1.29, 1.82) is 0 Å². The molecule has 22 heavy (non-hydrogen) atoms. The van der Waals surface area contributed by atoms with Gasteiger partial charge in [0.05, 0.1) is 6.20 Å². The molecular weight excluding hydrogens is 278 g/mol. The van der Waals surface area contributed by atoms with Crippen molar-refractivity contribution in [1.82, 2.24) is 15.6 Å². The van der Waals surface area contributed by atoms with E-state index in [0.717, 1.165) is 37.8 Å². The molecule has 0 bridgehead atoms.